The molecule has 0 aliphatic heterocycles. The molecule has 4 heteroatoms. The molecule has 1 aliphatic rings. The lowest BCUT2D eigenvalue weighted by molar-refractivity contribution is 0.0473. The van der Waals surface area contributed by atoms with Crippen molar-refractivity contribution in [3.05, 3.63) is 10.6 Å². The number of hydrogen-bond donors (Lipinski definition) is 1. The third-order valence-corrected chi connectivity index (χ3v) is 3.04. The first kappa shape index (κ1) is 11.3. The van der Waals surface area contributed by atoms with Crippen LogP contribution in [0.5, 0.6) is 0 Å². The Morgan fingerprint density at radius 1 is 1.54 bits per heavy atom. The Morgan fingerprint density at radius 3 is 2.92 bits per heavy atom. The van der Waals surface area contributed by atoms with Gasteiger partial charge in [0.15, 0.2) is 0 Å². The Balaban J connectivity index is 2.27. The average molecular weight is 224 g/mol. The largest absolute Gasteiger partial charge is 0.372 e. The minimum atomic E-state index is 0.273. The van der Waals surface area contributed by atoms with Crippen LogP contribution in [-0.4, -0.2) is 19.3 Å². The van der Waals surface area contributed by atoms with E-state index in [1.165, 1.54) is 18.4 Å². The summed E-state index contributed by atoms with van der Waals surface area (Å²) >= 11 is 11.1. The average Bonchev–Trinajstić information content (AvgIpc) is 2.61. The summed E-state index contributed by atoms with van der Waals surface area (Å²) in [7, 11) is 0. The van der Waals surface area contributed by atoms with Gasteiger partial charge in [-0.3, -0.25) is 0 Å². The van der Waals surface area contributed by atoms with Gasteiger partial charge in [0.25, 0.3) is 0 Å². The Morgan fingerprint density at radius 2 is 2.31 bits per heavy atom. The summed E-state index contributed by atoms with van der Waals surface area (Å²) in [6, 6.07) is 0. The molecule has 13 heavy (non-hydrogen) atoms. The SMILES string of the molecule is NCC1CCCC1OCC(Cl)=CCl. The summed E-state index contributed by atoms with van der Waals surface area (Å²) in [4.78, 5) is 0. The molecule has 2 unspecified atom stereocenters. The summed E-state index contributed by atoms with van der Waals surface area (Å²) in [5.41, 5.74) is 6.95. The summed E-state index contributed by atoms with van der Waals surface area (Å²) in [5.74, 6) is 0.500. The van der Waals surface area contributed by atoms with Crippen molar-refractivity contribution < 1.29 is 4.74 Å². The number of halogens is 2. The second kappa shape index (κ2) is 5.86. The summed E-state index contributed by atoms with van der Waals surface area (Å²) in [6.07, 6.45) is 3.74. The van der Waals surface area contributed by atoms with Crippen molar-refractivity contribution in [1.82, 2.24) is 0 Å². The lowest BCUT2D eigenvalue weighted by atomic mass is 10.1. The lowest BCUT2D eigenvalue weighted by Gasteiger charge is -2.18. The third-order valence-electron chi connectivity index (χ3n) is 2.45. The molecule has 1 fully saturated rings. The smallest absolute Gasteiger partial charge is 0.0835 e. The summed E-state index contributed by atoms with van der Waals surface area (Å²) < 4.78 is 5.59. The van der Waals surface area contributed by atoms with Gasteiger partial charge in [-0.05, 0) is 25.3 Å². The van der Waals surface area contributed by atoms with Gasteiger partial charge in [0.2, 0.25) is 0 Å². The van der Waals surface area contributed by atoms with E-state index in [1.807, 2.05) is 0 Å². The van der Waals surface area contributed by atoms with Crippen LogP contribution in [0.1, 0.15) is 19.3 Å². The highest BCUT2D eigenvalue weighted by molar-refractivity contribution is 6.36. The van der Waals surface area contributed by atoms with E-state index in [4.69, 9.17) is 33.7 Å². The van der Waals surface area contributed by atoms with Crippen LogP contribution in [0.3, 0.4) is 0 Å². The van der Waals surface area contributed by atoms with Crippen LogP contribution < -0.4 is 5.73 Å². The quantitative estimate of drug-likeness (QED) is 0.795. The van der Waals surface area contributed by atoms with Crippen molar-refractivity contribution in [2.24, 2.45) is 11.7 Å². The van der Waals surface area contributed by atoms with Gasteiger partial charge in [-0.2, -0.15) is 0 Å². The highest BCUT2D eigenvalue weighted by Crippen LogP contribution is 2.27. The van der Waals surface area contributed by atoms with Crippen LogP contribution in [0, 0.1) is 5.92 Å². The zero-order valence-corrected chi connectivity index (χ0v) is 9.02. The maximum Gasteiger partial charge on any atom is 0.0835 e. The van der Waals surface area contributed by atoms with E-state index < -0.39 is 0 Å². The van der Waals surface area contributed by atoms with Crippen molar-refractivity contribution in [2.45, 2.75) is 25.4 Å². The van der Waals surface area contributed by atoms with Gasteiger partial charge in [0.1, 0.15) is 0 Å². The molecule has 1 aliphatic carbocycles. The fraction of sp³-hybridized carbons (Fsp3) is 0.778. The first-order valence-corrected chi connectivity index (χ1v) is 5.35. The van der Waals surface area contributed by atoms with Gasteiger partial charge in [0.05, 0.1) is 17.7 Å². The van der Waals surface area contributed by atoms with Gasteiger partial charge in [-0.25, -0.2) is 0 Å². The van der Waals surface area contributed by atoms with E-state index in [0.29, 0.717) is 24.1 Å². The summed E-state index contributed by atoms with van der Waals surface area (Å²) in [5, 5.41) is 0.546. The first-order chi connectivity index (χ1) is 6.27. The second-order valence-corrected chi connectivity index (χ2v) is 4.04. The van der Waals surface area contributed by atoms with Crippen molar-refractivity contribution in [1.29, 1.82) is 0 Å². The van der Waals surface area contributed by atoms with E-state index >= 15 is 0 Å². The van der Waals surface area contributed by atoms with Gasteiger partial charge in [-0.1, -0.05) is 29.6 Å². The molecule has 76 valence electrons. The van der Waals surface area contributed by atoms with Gasteiger partial charge in [-0.15, -0.1) is 0 Å². The predicted octanol–water partition coefficient (Wildman–Crippen LogP) is 2.45. The molecule has 0 radical (unpaired) electrons. The van der Waals surface area contributed by atoms with Crippen molar-refractivity contribution >= 4 is 23.2 Å². The minimum absolute atomic E-state index is 0.273. The Kier molecular flexibility index (Phi) is 5.10. The topological polar surface area (TPSA) is 35.2 Å². The van der Waals surface area contributed by atoms with E-state index in [2.05, 4.69) is 0 Å². The van der Waals surface area contributed by atoms with Crippen molar-refractivity contribution in [3.63, 3.8) is 0 Å². The molecule has 0 aromatic rings. The molecule has 0 heterocycles. The fourth-order valence-corrected chi connectivity index (χ4v) is 1.84. The molecule has 0 spiro atoms. The number of hydrogen-bond acceptors (Lipinski definition) is 2. The monoisotopic (exact) mass is 223 g/mol. The molecule has 0 saturated heterocycles. The molecule has 1 rings (SSSR count). The predicted molar refractivity (Wildman–Crippen MR) is 55.9 cm³/mol. The third kappa shape index (κ3) is 3.47. The van der Waals surface area contributed by atoms with Crippen LogP contribution in [0.15, 0.2) is 10.6 Å². The zero-order valence-electron chi connectivity index (χ0n) is 7.51. The van der Waals surface area contributed by atoms with Crippen molar-refractivity contribution in [2.75, 3.05) is 13.2 Å². The number of nitrogens with two attached hydrogens (primary N) is 1. The highest BCUT2D eigenvalue weighted by atomic mass is 35.5. The van der Waals surface area contributed by atoms with Gasteiger partial charge in [0, 0.05) is 5.54 Å². The maximum absolute atomic E-state index is 5.71. The van der Waals surface area contributed by atoms with Crippen LogP contribution in [0.4, 0.5) is 0 Å². The first-order valence-electron chi connectivity index (χ1n) is 4.54. The molecular formula is C9H15Cl2NO. The lowest BCUT2D eigenvalue weighted by Crippen LogP contribution is -2.25. The Bertz CT molecular complexity index is 184. The maximum atomic E-state index is 5.71. The Hall–Kier alpha value is 0.240. The molecule has 1 saturated carbocycles. The molecule has 2 atom stereocenters. The molecule has 0 aromatic heterocycles. The summed E-state index contributed by atoms with van der Waals surface area (Å²) in [6.45, 7) is 1.11. The number of ether oxygens (including phenoxy) is 1. The van der Waals surface area contributed by atoms with E-state index in [0.717, 1.165) is 6.42 Å². The highest BCUT2D eigenvalue weighted by Gasteiger charge is 2.26. The van der Waals surface area contributed by atoms with Crippen LogP contribution in [-0.2, 0) is 4.74 Å². The van der Waals surface area contributed by atoms with Crippen LogP contribution in [0.2, 0.25) is 0 Å². The van der Waals surface area contributed by atoms with Crippen molar-refractivity contribution in [3.8, 4) is 0 Å². The van der Waals surface area contributed by atoms with Crippen LogP contribution >= 0.6 is 23.2 Å². The molecule has 2 N–H and O–H groups in total. The van der Waals surface area contributed by atoms with Gasteiger partial charge >= 0.3 is 0 Å². The normalized spacial score (nSPS) is 29.6. The minimum Gasteiger partial charge on any atom is -0.372 e. The molecule has 0 aromatic carbocycles. The molecule has 2 nitrogen and oxygen atoms in total. The Labute approximate surface area is 89.0 Å². The second-order valence-electron chi connectivity index (χ2n) is 3.33. The fourth-order valence-electron chi connectivity index (χ4n) is 1.71. The van der Waals surface area contributed by atoms with Crippen LogP contribution in [0.25, 0.3) is 0 Å². The van der Waals surface area contributed by atoms with E-state index in [1.54, 1.807) is 0 Å². The standard InChI is InChI=1S/C9H15Cl2NO/c10-4-8(11)6-13-9-3-1-2-7(9)5-12/h4,7,9H,1-3,5-6,12H2. The van der Waals surface area contributed by atoms with E-state index in [-0.39, 0.29) is 6.10 Å². The number of rotatable bonds is 4. The molecule has 0 amide bonds. The van der Waals surface area contributed by atoms with Gasteiger partial charge < -0.3 is 10.5 Å². The zero-order chi connectivity index (χ0) is 9.68. The molecule has 0 bridgehead atoms. The van der Waals surface area contributed by atoms with E-state index in [9.17, 15) is 0 Å². The molecular weight excluding hydrogens is 209 g/mol.